The highest BCUT2D eigenvalue weighted by molar-refractivity contribution is 5.87. The van der Waals surface area contributed by atoms with Gasteiger partial charge >= 0.3 is 17.9 Å². The van der Waals surface area contributed by atoms with Crippen molar-refractivity contribution in [2.45, 2.75) is 98.6 Å². The number of rotatable bonds is 5. The van der Waals surface area contributed by atoms with Gasteiger partial charge in [-0.15, -0.1) is 0 Å². The van der Waals surface area contributed by atoms with Crippen molar-refractivity contribution in [1.82, 2.24) is 0 Å². The molecule has 7 heteroatoms. The number of benzene rings is 1. The first kappa shape index (κ1) is 30.8. The van der Waals surface area contributed by atoms with Crippen molar-refractivity contribution in [3.05, 3.63) is 65.3 Å². The molecule has 1 aromatic rings. The highest BCUT2D eigenvalue weighted by Gasteiger charge is 2.63. The fraction of sp³-hybridized carbons (Fsp3) is 0.559. The molecule has 0 aliphatic heterocycles. The summed E-state index contributed by atoms with van der Waals surface area (Å²) in [7, 11) is 0. The van der Waals surface area contributed by atoms with Crippen LogP contribution in [0.2, 0.25) is 0 Å². The summed E-state index contributed by atoms with van der Waals surface area (Å²) < 4.78 is 17.6. The van der Waals surface area contributed by atoms with Gasteiger partial charge in [-0.05, 0) is 72.3 Å². The van der Waals surface area contributed by atoms with E-state index in [4.69, 9.17) is 14.2 Å². The number of hydrogen-bond acceptors (Lipinski definition) is 7. The van der Waals surface area contributed by atoms with Crippen LogP contribution in [-0.2, 0) is 28.6 Å². The van der Waals surface area contributed by atoms with E-state index in [0.29, 0.717) is 25.7 Å². The molecule has 0 saturated heterocycles. The summed E-state index contributed by atoms with van der Waals surface area (Å²) in [5.41, 5.74) is 1.38. The summed E-state index contributed by atoms with van der Waals surface area (Å²) in [6, 6.07) is 9.53. The van der Waals surface area contributed by atoms with Gasteiger partial charge in [0.05, 0.1) is 0 Å². The second-order valence-corrected chi connectivity index (χ2v) is 13.0. The van der Waals surface area contributed by atoms with Gasteiger partial charge in [-0.2, -0.15) is 0 Å². The maximum atomic E-state index is 12.9. The van der Waals surface area contributed by atoms with Crippen molar-refractivity contribution in [3.63, 3.8) is 0 Å². The molecular weight excluding hydrogens is 520 g/mol. The average molecular weight is 565 g/mol. The third-order valence-corrected chi connectivity index (χ3v) is 10.4. The van der Waals surface area contributed by atoms with E-state index >= 15 is 0 Å². The van der Waals surface area contributed by atoms with E-state index in [9.17, 15) is 19.5 Å². The molecule has 7 atom stereocenters. The van der Waals surface area contributed by atoms with Gasteiger partial charge in [0.15, 0.2) is 6.10 Å². The maximum Gasteiger partial charge on any atom is 0.331 e. The number of carbonyl (C=O) groups is 3. The first-order valence-electron chi connectivity index (χ1n) is 14.5. The Labute approximate surface area is 243 Å². The van der Waals surface area contributed by atoms with Crippen molar-refractivity contribution < 1.29 is 33.7 Å². The lowest BCUT2D eigenvalue weighted by atomic mass is 9.44. The minimum Gasteiger partial charge on any atom is -0.458 e. The monoisotopic (exact) mass is 564 g/mol. The summed E-state index contributed by atoms with van der Waals surface area (Å²) in [5.74, 6) is -1.33. The summed E-state index contributed by atoms with van der Waals surface area (Å²) >= 11 is 0. The molecule has 2 bridgehead atoms. The zero-order valence-electron chi connectivity index (χ0n) is 25.4. The Morgan fingerprint density at radius 3 is 2.22 bits per heavy atom. The Kier molecular flexibility index (Phi) is 8.43. The second-order valence-electron chi connectivity index (χ2n) is 13.0. The van der Waals surface area contributed by atoms with Crippen LogP contribution >= 0.6 is 0 Å². The number of aliphatic hydroxyl groups excluding tert-OH is 1. The lowest BCUT2D eigenvalue weighted by Gasteiger charge is -2.62. The highest BCUT2D eigenvalue weighted by atomic mass is 16.6. The third-order valence-electron chi connectivity index (χ3n) is 10.4. The Balaban J connectivity index is 1.74. The Morgan fingerprint density at radius 1 is 0.976 bits per heavy atom. The van der Waals surface area contributed by atoms with Gasteiger partial charge in [0.25, 0.3) is 0 Å². The molecule has 0 amide bonds. The van der Waals surface area contributed by atoms with Crippen LogP contribution in [-0.4, -0.2) is 47.4 Å². The van der Waals surface area contributed by atoms with Gasteiger partial charge in [-0.3, -0.25) is 9.59 Å². The number of esters is 3. The van der Waals surface area contributed by atoms with E-state index in [2.05, 4.69) is 27.4 Å². The van der Waals surface area contributed by atoms with Gasteiger partial charge in [0.1, 0.15) is 18.3 Å². The number of aliphatic hydroxyl groups is 1. The lowest BCUT2D eigenvalue weighted by molar-refractivity contribution is -0.180. The first-order valence-corrected chi connectivity index (χ1v) is 14.5. The molecule has 1 aromatic carbocycles. The van der Waals surface area contributed by atoms with Crippen LogP contribution in [0.1, 0.15) is 79.7 Å². The Morgan fingerprint density at radius 2 is 1.61 bits per heavy atom. The lowest BCUT2D eigenvalue weighted by Crippen LogP contribution is -2.62. The third kappa shape index (κ3) is 5.53. The molecule has 1 N–H and O–H groups in total. The highest BCUT2D eigenvalue weighted by Crippen LogP contribution is 2.65. The van der Waals surface area contributed by atoms with E-state index in [0.717, 1.165) is 22.3 Å². The molecule has 0 aromatic heterocycles. The molecule has 2 saturated carbocycles. The fourth-order valence-corrected chi connectivity index (χ4v) is 7.66. The molecule has 2 fully saturated rings. The molecule has 0 unspecified atom stereocenters. The minimum absolute atomic E-state index is 0.00427. The van der Waals surface area contributed by atoms with Crippen molar-refractivity contribution in [2.24, 2.45) is 22.2 Å². The number of carbonyl (C=O) groups excluding carboxylic acids is 3. The summed E-state index contributed by atoms with van der Waals surface area (Å²) in [6.45, 7) is 17.4. The van der Waals surface area contributed by atoms with Gasteiger partial charge in [-0.1, -0.05) is 64.6 Å². The predicted octanol–water partition coefficient (Wildman–Crippen LogP) is 5.96. The molecule has 3 aliphatic rings. The first-order chi connectivity index (χ1) is 19.1. The van der Waals surface area contributed by atoms with E-state index in [1.54, 1.807) is 6.08 Å². The van der Waals surface area contributed by atoms with Gasteiger partial charge in [0.2, 0.25) is 0 Å². The van der Waals surface area contributed by atoms with Crippen LogP contribution < -0.4 is 0 Å². The minimum atomic E-state index is -1.07. The summed E-state index contributed by atoms with van der Waals surface area (Å²) in [6.07, 6.45) is 2.37. The van der Waals surface area contributed by atoms with Crippen LogP contribution in [0.5, 0.6) is 0 Å². The average Bonchev–Trinajstić information content (AvgIpc) is 2.89. The molecule has 4 rings (SSSR count). The van der Waals surface area contributed by atoms with Gasteiger partial charge in [0, 0.05) is 30.8 Å². The van der Waals surface area contributed by atoms with Crippen LogP contribution in [0.3, 0.4) is 0 Å². The molecule has 0 radical (unpaired) electrons. The summed E-state index contributed by atoms with van der Waals surface area (Å²) in [5, 5.41) is 12.2. The van der Waals surface area contributed by atoms with Crippen LogP contribution in [0.15, 0.2) is 59.7 Å². The molecule has 3 aliphatic carbocycles. The Bertz CT molecular complexity index is 1270. The number of hydrogen-bond donors (Lipinski definition) is 1. The molecule has 41 heavy (non-hydrogen) atoms. The van der Waals surface area contributed by atoms with E-state index in [1.165, 1.54) is 19.9 Å². The summed E-state index contributed by atoms with van der Waals surface area (Å²) in [4.78, 5) is 37.3. The smallest absolute Gasteiger partial charge is 0.331 e. The van der Waals surface area contributed by atoms with E-state index in [1.807, 2.05) is 44.2 Å². The standard InChI is InChI=1S/C34H44O7/c1-20-27(39-22(3)35)18-25-19-34(8)21(2)26(41-28(37)15-14-24-12-10-9-11-13-24)16-17-33(34,7)31(38)30(40-23(4)36)29(20)32(25,5)6/h9-15,25-27,30-31,38H,2,16-19H2,1,3-8H3/b15-14+/t25-,26-,27-,30+,31-,33-,34+/m0/s1. The van der Waals surface area contributed by atoms with Crippen LogP contribution in [0.25, 0.3) is 6.08 Å². The normalized spacial score (nSPS) is 34.7. The molecule has 0 heterocycles. The van der Waals surface area contributed by atoms with E-state index < -0.39 is 52.6 Å². The fourth-order valence-electron chi connectivity index (χ4n) is 7.66. The van der Waals surface area contributed by atoms with Crippen LogP contribution in [0, 0.1) is 22.2 Å². The quantitative estimate of drug-likeness (QED) is 0.204. The van der Waals surface area contributed by atoms with Crippen molar-refractivity contribution in [3.8, 4) is 0 Å². The van der Waals surface area contributed by atoms with Gasteiger partial charge in [-0.25, -0.2) is 4.79 Å². The SMILES string of the molecule is C=C1[C@@H](OC(=O)/C=C/c2ccccc2)CC[C@@]2(C)[C@@H](O)[C@H](OC(C)=O)C3=C(C)[C@@H](OC(C)=O)C[C@@H](C[C@]12C)C3(C)C. The van der Waals surface area contributed by atoms with Crippen molar-refractivity contribution >= 4 is 24.0 Å². The maximum absolute atomic E-state index is 12.9. The van der Waals surface area contributed by atoms with Crippen molar-refractivity contribution in [1.29, 1.82) is 0 Å². The number of fused-ring (bicyclic) bond motifs is 3. The van der Waals surface area contributed by atoms with Crippen molar-refractivity contribution in [2.75, 3.05) is 0 Å². The molecular formula is C34H44O7. The largest absolute Gasteiger partial charge is 0.458 e. The topological polar surface area (TPSA) is 99.1 Å². The Hall–Kier alpha value is -3.19. The van der Waals surface area contributed by atoms with Gasteiger partial charge < -0.3 is 19.3 Å². The van der Waals surface area contributed by atoms with Crippen LogP contribution in [0.4, 0.5) is 0 Å². The zero-order valence-corrected chi connectivity index (χ0v) is 25.4. The molecule has 0 spiro atoms. The second kappa shape index (κ2) is 11.2. The zero-order chi connectivity index (χ0) is 30.3. The molecule has 7 nitrogen and oxygen atoms in total. The number of ether oxygens (including phenoxy) is 3. The predicted molar refractivity (Wildman–Crippen MR) is 156 cm³/mol. The van der Waals surface area contributed by atoms with E-state index in [-0.39, 0.29) is 11.9 Å². The molecule has 222 valence electrons.